The monoisotopic (exact) mass is 320 g/mol. The number of unbranched alkanes of at least 4 members (excludes halogenated alkanes) is 6. The van der Waals surface area contributed by atoms with Crippen LogP contribution < -0.4 is 0 Å². The summed E-state index contributed by atoms with van der Waals surface area (Å²) >= 11 is 0. The maximum Gasteiger partial charge on any atom is 0.303 e. The zero-order valence-electron chi connectivity index (χ0n) is 14.5. The van der Waals surface area contributed by atoms with E-state index in [2.05, 4.69) is 25.2 Å². The third-order valence-electron chi connectivity index (χ3n) is 4.00. The molecule has 0 aromatic heterocycles. The van der Waals surface area contributed by atoms with Gasteiger partial charge in [-0.15, -0.1) is 0 Å². The summed E-state index contributed by atoms with van der Waals surface area (Å²) in [6.45, 7) is 2.25. The first-order valence-corrected chi connectivity index (χ1v) is 9.11. The van der Waals surface area contributed by atoms with Gasteiger partial charge in [-0.2, -0.15) is 0 Å². The van der Waals surface area contributed by atoms with Gasteiger partial charge in [-0.3, -0.25) is 4.79 Å². The molecule has 0 amide bonds. The molecule has 0 unspecified atom stereocenters. The number of allylic oxidation sites excluding steroid dienone is 5. The van der Waals surface area contributed by atoms with Crippen molar-refractivity contribution in [2.75, 3.05) is 0 Å². The molecule has 0 saturated carbocycles. The molecule has 130 valence electrons. The lowest BCUT2D eigenvalue weighted by Gasteiger charge is -1.97. The molecule has 0 spiro atoms. The predicted octanol–water partition coefficient (Wildman–Crippen LogP) is 5.43. The first kappa shape index (κ1) is 19.7. The Hall–Kier alpha value is -1.35. The van der Waals surface area contributed by atoms with E-state index in [4.69, 9.17) is 9.84 Å². The van der Waals surface area contributed by atoms with Crippen LogP contribution in [-0.2, 0) is 9.53 Å². The van der Waals surface area contributed by atoms with Crippen LogP contribution in [-0.4, -0.2) is 23.3 Å². The van der Waals surface area contributed by atoms with Gasteiger partial charge in [0.1, 0.15) is 6.10 Å². The van der Waals surface area contributed by atoms with Crippen LogP contribution in [0.1, 0.15) is 71.1 Å². The summed E-state index contributed by atoms with van der Waals surface area (Å²) in [7, 11) is 0. The molecule has 0 radical (unpaired) electrons. The van der Waals surface area contributed by atoms with Gasteiger partial charge < -0.3 is 9.84 Å². The van der Waals surface area contributed by atoms with Crippen molar-refractivity contribution in [3.63, 3.8) is 0 Å². The molecule has 1 N–H and O–H groups in total. The lowest BCUT2D eigenvalue weighted by Crippen LogP contribution is -1.97. The highest BCUT2D eigenvalue weighted by Crippen LogP contribution is 2.28. The minimum absolute atomic E-state index is 0.181. The molecule has 1 heterocycles. The molecule has 3 heteroatoms. The summed E-state index contributed by atoms with van der Waals surface area (Å²) in [6, 6.07) is 0. The van der Waals surface area contributed by atoms with E-state index in [9.17, 15) is 4.79 Å². The molecule has 1 rings (SSSR count). The van der Waals surface area contributed by atoms with E-state index in [1.54, 1.807) is 0 Å². The first-order chi connectivity index (χ1) is 11.2. The average molecular weight is 320 g/mol. The highest BCUT2D eigenvalue weighted by Gasteiger charge is 2.35. The minimum Gasteiger partial charge on any atom is -0.481 e. The van der Waals surface area contributed by atoms with Crippen molar-refractivity contribution < 1.29 is 14.6 Å². The van der Waals surface area contributed by atoms with E-state index in [0.29, 0.717) is 6.42 Å². The van der Waals surface area contributed by atoms with Crippen molar-refractivity contribution in [3.8, 4) is 0 Å². The van der Waals surface area contributed by atoms with E-state index in [-0.39, 0.29) is 18.6 Å². The summed E-state index contributed by atoms with van der Waals surface area (Å²) < 4.78 is 5.47. The third kappa shape index (κ3) is 11.8. The normalized spacial score (nSPS) is 20.9. The van der Waals surface area contributed by atoms with Gasteiger partial charge in [0.2, 0.25) is 0 Å². The molecule has 3 nitrogen and oxygen atoms in total. The van der Waals surface area contributed by atoms with E-state index < -0.39 is 5.97 Å². The van der Waals surface area contributed by atoms with Crippen LogP contribution in [0.15, 0.2) is 36.5 Å². The van der Waals surface area contributed by atoms with Gasteiger partial charge in [0.25, 0.3) is 0 Å². The molecular formula is C20H32O3. The van der Waals surface area contributed by atoms with Crippen molar-refractivity contribution in [2.45, 2.75) is 83.3 Å². The molecule has 23 heavy (non-hydrogen) atoms. The topological polar surface area (TPSA) is 49.8 Å². The second kappa shape index (κ2) is 13.1. The van der Waals surface area contributed by atoms with Crippen LogP contribution in [0.5, 0.6) is 0 Å². The molecule has 0 aromatic rings. The molecule has 1 aliphatic rings. The van der Waals surface area contributed by atoms with Crippen molar-refractivity contribution in [2.24, 2.45) is 0 Å². The number of carboxylic acids is 1. The van der Waals surface area contributed by atoms with Crippen LogP contribution in [0.4, 0.5) is 0 Å². The number of carboxylic acid groups (broad SMARTS) is 1. The Morgan fingerprint density at radius 2 is 1.74 bits per heavy atom. The summed E-state index contributed by atoms with van der Waals surface area (Å²) in [4.78, 5) is 10.4. The van der Waals surface area contributed by atoms with Crippen molar-refractivity contribution in [3.05, 3.63) is 36.5 Å². The van der Waals surface area contributed by atoms with Crippen molar-refractivity contribution in [1.82, 2.24) is 0 Å². The highest BCUT2D eigenvalue weighted by atomic mass is 16.6. The van der Waals surface area contributed by atoms with Gasteiger partial charge in [-0.25, -0.2) is 0 Å². The van der Waals surface area contributed by atoms with E-state index in [0.717, 1.165) is 12.8 Å². The highest BCUT2D eigenvalue weighted by molar-refractivity contribution is 5.66. The lowest BCUT2D eigenvalue weighted by molar-refractivity contribution is -0.137. The molecule has 0 bridgehead atoms. The Labute approximate surface area is 141 Å². The van der Waals surface area contributed by atoms with Gasteiger partial charge in [-0.1, -0.05) is 75.5 Å². The second-order valence-corrected chi connectivity index (χ2v) is 6.18. The zero-order chi connectivity index (χ0) is 16.8. The van der Waals surface area contributed by atoms with E-state index >= 15 is 0 Å². The summed E-state index contributed by atoms with van der Waals surface area (Å²) in [5.74, 6) is -0.728. The molecule has 1 aliphatic heterocycles. The zero-order valence-corrected chi connectivity index (χ0v) is 14.5. The fraction of sp³-hybridized carbons (Fsp3) is 0.650. The molecular weight excluding hydrogens is 288 g/mol. The average Bonchev–Trinajstić information content (AvgIpc) is 3.26. The van der Waals surface area contributed by atoms with Crippen molar-refractivity contribution >= 4 is 5.97 Å². The maximum absolute atomic E-state index is 10.4. The van der Waals surface area contributed by atoms with Gasteiger partial charge in [0, 0.05) is 6.42 Å². The number of ether oxygens (including phenoxy) is 1. The Morgan fingerprint density at radius 1 is 1.00 bits per heavy atom. The van der Waals surface area contributed by atoms with Gasteiger partial charge in [-0.05, 0) is 25.7 Å². The number of hydrogen-bond donors (Lipinski definition) is 1. The van der Waals surface area contributed by atoms with E-state index in [1.165, 1.54) is 38.5 Å². The van der Waals surface area contributed by atoms with E-state index in [1.807, 2.05) is 18.2 Å². The SMILES string of the molecule is CCCCCCCC/C=C/C=C/C=C/[C@@H]1O[C@H]1CCCC(=O)O. The molecule has 0 aromatic carbocycles. The summed E-state index contributed by atoms with van der Waals surface area (Å²) in [6.07, 6.45) is 23.9. The number of rotatable bonds is 14. The smallest absolute Gasteiger partial charge is 0.303 e. The fourth-order valence-corrected chi connectivity index (χ4v) is 2.53. The predicted molar refractivity (Wildman–Crippen MR) is 95.6 cm³/mol. The number of carbonyl (C=O) groups is 1. The minimum atomic E-state index is -0.728. The molecule has 1 saturated heterocycles. The van der Waals surface area contributed by atoms with Crippen molar-refractivity contribution in [1.29, 1.82) is 0 Å². The van der Waals surface area contributed by atoms with Gasteiger partial charge in [0.05, 0.1) is 6.10 Å². The summed E-state index contributed by atoms with van der Waals surface area (Å²) in [5, 5.41) is 8.57. The fourth-order valence-electron chi connectivity index (χ4n) is 2.53. The van der Waals surface area contributed by atoms with Crippen LogP contribution in [0.3, 0.4) is 0 Å². The molecule has 0 aliphatic carbocycles. The summed E-state index contributed by atoms with van der Waals surface area (Å²) in [5.41, 5.74) is 0. The molecule has 2 atom stereocenters. The maximum atomic E-state index is 10.4. The van der Waals surface area contributed by atoms with Crippen LogP contribution in [0, 0.1) is 0 Å². The van der Waals surface area contributed by atoms with Gasteiger partial charge in [0.15, 0.2) is 0 Å². The number of epoxide rings is 1. The Kier molecular flexibility index (Phi) is 11.2. The number of aliphatic carboxylic acids is 1. The lowest BCUT2D eigenvalue weighted by atomic mass is 10.1. The van der Waals surface area contributed by atoms with Crippen LogP contribution in [0.2, 0.25) is 0 Å². The quantitative estimate of drug-likeness (QED) is 0.264. The largest absolute Gasteiger partial charge is 0.481 e. The Bertz CT molecular complexity index is 396. The number of hydrogen-bond acceptors (Lipinski definition) is 2. The Balaban J connectivity index is 1.94. The first-order valence-electron chi connectivity index (χ1n) is 9.11. The standard InChI is InChI=1S/C20H32O3/c1-2-3-4-5-6-7-8-9-10-11-12-13-15-18-19(23-18)16-14-17-20(21)22/h9-13,15,18-19H,2-8,14,16-17H2,1H3,(H,21,22)/b10-9+,12-11+,15-13+/t18-,19-/m0/s1. The molecule has 1 fully saturated rings. The van der Waals surface area contributed by atoms with Gasteiger partial charge >= 0.3 is 5.97 Å². The van der Waals surface area contributed by atoms with Crippen LogP contribution in [0.25, 0.3) is 0 Å². The Morgan fingerprint density at radius 3 is 2.52 bits per heavy atom. The third-order valence-corrected chi connectivity index (χ3v) is 4.00. The second-order valence-electron chi connectivity index (χ2n) is 6.18. The van der Waals surface area contributed by atoms with Crippen LogP contribution >= 0.6 is 0 Å².